The molecule has 0 saturated heterocycles. The van der Waals surface area contributed by atoms with Gasteiger partial charge in [-0.2, -0.15) is 26.3 Å². The van der Waals surface area contributed by atoms with Gasteiger partial charge >= 0.3 is 12.4 Å². The molecule has 1 aliphatic carbocycles. The van der Waals surface area contributed by atoms with E-state index in [0.29, 0.717) is 37.8 Å². The van der Waals surface area contributed by atoms with E-state index in [4.69, 9.17) is 0 Å². The highest BCUT2D eigenvalue weighted by molar-refractivity contribution is 5.84. The van der Waals surface area contributed by atoms with Crippen LogP contribution in [-0.2, 0) is 22.7 Å². The van der Waals surface area contributed by atoms with Crippen molar-refractivity contribution in [2.45, 2.75) is 62.5 Å². The number of rotatable bonds is 4. The number of aliphatic hydroxyl groups is 1. The molecule has 2 aromatic rings. The van der Waals surface area contributed by atoms with Gasteiger partial charge in [0.1, 0.15) is 0 Å². The van der Waals surface area contributed by atoms with Crippen molar-refractivity contribution in [2.75, 3.05) is 0 Å². The zero-order chi connectivity index (χ0) is 23.7. The maximum absolute atomic E-state index is 13.2. The Hall–Kier alpha value is -2.55. The molecule has 0 aliphatic heterocycles. The monoisotopic (exact) mass is 459 g/mol. The third-order valence-corrected chi connectivity index (χ3v) is 6.00. The van der Waals surface area contributed by atoms with Crippen molar-refractivity contribution in [1.82, 2.24) is 5.32 Å². The minimum Gasteiger partial charge on any atom is -0.393 e. The van der Waals surface area contributed by atoms with Crippen LogP contribution in [0, 0.1) is 0 Å². The number of hydrogen-bond acceptors (Lipinski definition) is 2. The molecule has 1 unspecified atom stereocenters. The largest absolute Gasteiger partial charge is 0.416 e. The van der Waals surface area contributed by atoms with Crippen LogP contribution in [0.5, 0.6) is 0 Å². The van der Waals surface area contributed by atoms with Crippen LogP contribution in [0.4, 0.5) is 26.3 Å². The number of carbonyl (C=O) groups is 1. The number of halogens is 6. The van der Waals surface area contributed by atoms with Gasteiger partial charge in [0.2, 0.25) is 5.91 Å². The molecular weight excluding hydrogens is 436 g/mol. The summed E-state index contributed by atoms with van der Waals surface area (Å²) in [6, 6.07) is 10.2. The Bertz CT molecular complexity index is 915. The highest BCUT2D eigenvalue weighted by Gasteiger charge is 2.40. The maximum Gasteiger partial charge on any atom is 0.416 e. The molecule has 1 fully saturated rings. The van der Waals surface area contributed by atoms with Gasteiger partial charge in [0.15, 0.2) is 0 Å². The summed E-state index contributed by atoms with van der Waals surface area (Å²) in [6.07, 6.45) is -8.90. The van der Waals surface area contributed by atoms with E-state index in [-0.39, 0.29) is 11.6 Å². The summed E-state index contributed by atoms with van der Waals surface area (Å²) >= 11 is 0. The van der Waals surface area contributed by atoms with Crippen LogP contribution < -0.4 is 5.32 Å². The number of benzene rings is 2. The lowest BCUT2D eigenvalue weighted by Crippen LogP contribution is -2.50. The molecule has 174 valence electrons. The fourth-order valence-electron chi connectivity index (χ4n) is 4.06. The van der Waals surface area contributed by atoms with Gasteiger partial charge in [-0.3, -0.25) is 4.79 Å². The molecule has 3 rings (SSSR count). The van der Waals surface area contributed by atoms with E-state index < -0.39 is 46.9 Å². The highest BCUT2D eigenvalue weighted by Crippen LogP contribution is 2.40. The molecule has 9 heteroatoms. The second-order valence-corrected chi connectivity index (χ2v) is 8.23. The van der Waals surface area contributed by atoms with Crippen molar-refractivity contribution in [2.24, 2.45) is 0 Å². The fraction of sp³-hybridized carbons (Fsp3) is 0.435. The lowest BCUT2D eigenvalue weighted by Gasteiger charge is -2.41. The Morgan fingerprint density at radius 2 is 1.47 bits per heavy atom. The van der Waals surface area contributed by atoms with Gasteiger partial charge in [-0.15, -0.1) is 0 Å². The lowest BCUT2D eigenvalue weighted by atomic mass is 9.75. The first kappa shape index (κ1) is 24.1. The molecule has 3 nitrogen and oxygen atoms in total. The van der Waals surface area contributed by atoms with Gasteiger partial charge in [-0.25, -0.2) is 0 Å². The Balaban J connectivity index is 1.95. The molecule has 1 saturated carbocycles. The zero-order valence-electron chi connectivity index (χ0n) is 17.2. The van der Waals surface area contributed by atoms with E-state index in [0.717, 1.165) is 5.56 Å². The van der Waals surface area contributed by atoms with Gasteiger partial charge < -0.3 is 10.4 Å². The molecule has 0 aromatic heterocycles. The van der Waals surface area contributed by atoms with Crippen molar-refractivity contribution in [3.05, 3.63) is 70.8 Å². The first-order chi connectivity index (χ1) is 14.8. The third-order valence-electron chi connectivity index (χ3n) is 6.00. The van der Waals surface area contributed by atoms with Gasteiger partial charge in [0, 0.05) is 0 Å². The van der Waals surface area contributed by atoms with Crippen molar-refractivity contribution in [3.63, 3.8) is 0 Å². The molecule has 1 amide bonds. The predicted octanol–water partition coefficient (Wildman–Crippen LogP) is 5.77. The molecule has 0 spiro atoms. The Morgan fingerprint density at radius 1 is 0.969 bits per heavy atom. The lowest BCUT2D eigenvalue weighted by molar-refractivity contribution is -0.143. The Labute approximate surface area is 181 Å². The normalized spacial score (nSPS) is 22.9. The van der Waals surface area contributed by atoms with Crippen molar-refractivity contribution in [1.29, 1.82) is 0 Å². The number of aliphatic hydroxyl groups excluding tert-OH is 1. The second-order valence-electron chi connectivity index (χ2n) is 8.23. The summed E-state index contributed by atoms with van der Waals surface area (Å²) in [7, 11) is 0. The summed E-state index contributed by atoms with van der Waals surface area (Å²) in [6.45, 7) is 1.28. The number of hydrogen-bond donors (Lipinski definition) is 2. The summed E-state index contributed by atoms with van der Waals surface area (Å²) in [5.74, 6) is -1.94. The summed E-state index contributed by atoms with van der Waals surface area (Å²) in [5.41, 5.74) is -3.38. The van der Waals surface area contributed by atoms with E-state index in [9.17, 15) is 36.2 Å². The van der Waals surface area contributed by atoms with Crippen LogP contribution in [0.1, 0.15) is 60.8 Å². The van der Waals surface area contributed by atoms with E-state index >= 15 is 0 Å². The second kappa shape index (κ2) is 8.77. The smallest absolute Gasteiger partial charge is 0.393 e. The number of amides is 1. The molecule has 2 aromatic carbocycles. The Morgan fingerprint density at radius 3 is 1.94 bits per heavy atom. The van der Waals surface area contributed by atoms with Gasteiger partial charge in [-0.1, -0.05) is 30.3 Å². The van der Waals surface area contributed by atoms with Gasteiger partial charge in [0.25, 0.3) is 0 Å². The third kappa shape index (κ3) is 5.26. The fourth-order valence-corrected chi connectivity index (χ4v) is 4.06. The summed E-state index contributed by atoms with van der Waals surface area (Å²) < 4.78 is 79.2. The van der Waals surface area contributed by atoms with Crippen LogP contribution in [0.3, 0.4) is 0 Å². The molecule has 2 N–H and O–H groups in total. The highest BCUT2D eigenvalue weighted by atomic mass is 19.4. The number of carbonyl (C=O) groups excluding carboxylic acids is 1. The molecule has 0 bridgehead atoms. The molecule has 0 heterocycles. The summed E-state index contributed by atoms with van der Waals surface area (Å²) in [4.78, 5) is 13.1. The maximum atomic E-state index is 13.2. The zero-order valence-corrected chi connectivity index (χ0v) is 17.2. The van der Waals surface area contributed by atoms with E-state index in [1.54, 1.807) is 30.3 Å². The van der Waals surface area contributed by atoms with Crippen LogP contribution in [0.15, 0.2) is 48.5 Å². The SMILES string of the molecule is CC(C(=O)NC1(c2ccccc2)CCC(O)CC1)c1cc(C(F)(F)F)cc(C(F)(F)F)c1. The van der Waals surface area contributed by atoms with Crippen LogP contribution in [-0.4, -0.2) is 17.1 Å². The van der Waals surface area contributed by atoms with E-state index in [1.807, 2.05) is 0 Å². The minimum absolute atomic E-state index is 0.0438. The van der Waals surface area contributed by atoms with E-state index in [2.05, 4.69) is 5.32 Å². The van der Waals surface area contributed by atoms with Gasteiger partial charge in [0.05, 0.1) is 28.7 Å². The van der Waals surface area contributed by atoms with Gasteiger partial charge in [-0.05, 0) is 61.9 Å². The molecular formula is C23H23F6NO2. The molecule has 1 aliphatic rings. The number of nitrogens with one attached hydrogen (secondary N) is 1. The average molecular weight is 459 g/mol. The average Bonchev–Trinajstić information content (AvgIpc) is 2.74. The van der Waals surface area contributed by atoms with Crippen LogP contribution >= 0.6 is 0 Å². The Kier molecular flexibility index (Phi) is 6.60. The van der Waals surface area contributed by atoms with Crippen molar-refractivity contribution in [3.8, 4) is 0 Å². The quantitative estimate of drug-likeness (QED) is 0.570. The standard InChI is InChI=1S/C23H23F6NO2/c1-14(15-11-17(22(24,25)26)13-18(12-15)23(27,28)29)20(32)30-21(9-7-19(31)8-10-21)16-5-3-2-4-6-16/h2-6,11-14,19,31H,7-10H2,1H3,(H,30,32). The molecule has 0 radical (unpaired) electrons. The summed E-state index contributed by atoms with van der Waals surface area (Å²) in [5, 5.41) is 12.8. The molecule has 32 heavy (non-hydrogen) atoms. The minimum atomic E-state index is -4.99. The first-order valence-corrected chi connectivity index (χ1v) is 10.2. The topological polar surface area (TPSA) is 49.3 Å². The molecule has 1 atom stereocenters. The first-order valence-electron chi connectivity index (χ1n) is 10.2. The van der Waals surface area contributed by atoms with Crippen molar-refractivity contribution >= 4 is 5.91 Å². The number of alkyl halides is 6. The van der Waals surface area contributed by atoms with Crippen molar-refractivity contribution < 1.29 is 36.2 Å². The van der Waals surface area contributed by atoms with Crippen LogP contribution in [0.2, 0.25) is 0 Å². The van der Waals surface area contributed by atoms with E-state index in [1.165, 1.54) is 6.92 Å². The predicted molar refractivity (Wildman–Crippen MR) is 106 cm³/mol. The van der Waals surface area contributed by atoms with Crippen LogP contribution in [0.25, 0.3) is 0 Å².